The van der Waals surface area contributed by atoms with Crippen molar-refractivity contribution in [3.63, 3.8) is 0 Å². The molecular weight excluding hydrogens is 418 g/mol. The molecule has 2 amide bonds. The molecule has 0 unspecified atom stereocenters. The number of hydrogen-bond donors (Lipinski definition) is 2. The Balaban J connectivity index is 0.00000141. The Morgan fingerprint density at radius 1 is 1.28 bits per heavy atom. The summed E-state index contributed by atoms with van der Waals surface area (Å²) < 4.78 is 28.8. The first-order chi connectivity index (χ1) is 15.4. The number of fused-ring (bicyclic) bond motifs is 2. The van der Waals surface area contributed by atoms with E-state index in [1.54, 1.807) is 23.6 Å². The Hall–Kier alpha value is -2.75. The van der Waals surface area contributed by atoms with E-state index in [1.165, 1.54) is 6.07 Å². The van der Waals surface area contributed by atoms with Crippen LogP contribution in [-0.2, 0) is 25.9 Å². The summed E-state index contributed by atoms with van der Waals surface area (Å²) in [5.41, 5.74) is 3.58. The van der Waals surface area contributed by atoms with Crippen molar-refractivity contribution in [1.29, 1.82) is 0 Å². The van der Waals surface area contributed by atoms with Gasteiger partial charge in [-0.25, -0.2) is 13.6 Å². The molecule has 0 aliphatic carbocycles. The van der Waals surface area contributed by atoms with Crippen molar-refractivity contribution in [3.05, 3.63) is 34.3 Å². The standard InChI is InChI=1S/C20H26F2N6O2.C2H6/c1-12-13(18(21)22)10-17-15(24-12)4-3-6-27(17)19-14-11-26(20(30)23-2)7-5-16(14)28(25-19)8-9-29;1-2/h10,18,29H,3-9,11H2,1-2H3,(H,23,30);1-2H3. The number of aliphatic hydroxyl groups is 1. The first-order valence-electron chi connectivity index (χ1n) is 11.2. The molecule has 2 N–H and O–H groups in total. The van der Waals surface area contributed by atoms with Gasteiger partial charge in [0, 0.05) is 49.1 Å². The monoisotopic (exact) mass is 450 g/mol. The first kappa shape index (κ1) is 23.9. The van der Waals surface area contributed by atoms with Crippen molar-refractivity contribution in [2.75, 3.05) is 31.6 Å². The van der Waals surface area contributed by atoms with Crippen molar-refractivity contribution in [1.82, 2.24) is 25.0 Å². The van der Waals surface area contributed by atoms with Gasteiger partial charge in [0.05, 0.1) is 31.1 Å². The van der Waals surface area contributed by atoms with Crippen LogP contribution in [0.15, 0.2) is 6.07 Å². The minimum atomic E-state index is -2.60. The lowest BCUT2D eigenvalue weighted by Gasteiger charge is -2.32. The van der Waals surface area contributed by atoms with E-state index in [0.717, 1.165) is 29.8 Å². The van der Waals surface area contributed by atoms with Gasteiger partial charge in [0.25, 0.3) is 6.43 Å². The summed E-state index contributed by atoms with van der Waals surface area (Å²) in [7, 11) is 1.59. The van der Waals surface area contributed by atoms with Crippen molar-refractivity contribution in [2.24, 2.45) is 0 Å². The summed E-state index contributed by atoms with van der Waals surface area (Å²) in [5.74, 6) is 0.652. The van der Waals surface area contributed by atoms with E-state index in [1.807, 2.05) is 18.7 Å². The van der Waals surface area contributed by atoms with E-state index in [2.05, 4.69) is 10.3 Å². The molecule has 4 heterocycles. The third kappa shape index (κ3) is 4.41. The molecule has 2 aromatic rings. The van der Waals surface area contributed by atoms with Gasteiger partial charge < -0.3 is 20.2 Å². The number of anilines is 2. The normalized spacial score (nSPS) is 15.1. The number of hydrogen-bond acceptors (Lipinski definition) is 5. The van der Waals surface area contributed by atoms with E-state index in [0.29, 0.717) is 49.8 Å². The van der Waals surface area contributed by atoms with Gasteiger partial charge >= 0.3 is 6.03 Å². The van der Waals surface area contributed by atoms with Crippen molar-refractivity contribution in [3.8, 4) is 0 Å². The molecule has 2 aliphatic heterocycles. The second-order valence-corrected chi connectivity index (χ2v) is 7.61. The van der Waals surface area contributed by atoms with Crippen LogP contribution in [0.5, 0.6) is 0 Å². The van der Waals surface area contributed by atoms with E-state index >= 15 is 0 Å². The zero-order valence-corrected chi connectivity index (χ0v) is 19.2. The Labute approximate surface area is 187 Å². The number of carbonyl (C=O) groups is 1. The third-order valence-corrected chi connectivity index (χ3v) is 5.81. The second kappa shape index (κ2) is 10.2. The molecule has 0 aromatic carbocycles. The Morgan fingerprint density at radius 2 is 2.03 bits per heavy atom. The Morgan fingerprint density at radius 3 is 2.69 bits per heavy atom. The Kier molecular flexibility index (Phi) is 7.65. The van der Waals surface area contributed by atoms with Gasteiger partial charge in [-0.2, -0.15) is 5.10 Å². The zero-order chi connectivity index (χ0) is 23.4. The van der Waals surface area contributed by atoms with Crippen LogP contribution in [0.3, 0.4) is 0 Å². The molecule has 2 aromatic heterocycles. The maximum atomic E-state index is 13.5. The second-order valence-electron chi connectivity index (χ2n) is 7.61. The SMILES string of the molecule is CC.CNC(=O)N1CCc2c(c(N3CCCc4nc(C)c(C(F)F)cc43)nn2CCO)C1. The molecule has 4 rings (SSSR count). The van der Waals surface area contributed by atoms with Gasteiger partial charge in [0.2, 0.25) is 0 Å². The summed E-state index contributed by atoms with van der Waals surface area (Å²) in [6.07, 6.45) is -0.435. The number of nitrogens with one attached hydrogen (secondary N) is 1. The number of aliphatic hydroxyl groups excluding tert-OH is 1. The highest BCUT2D eigenvalue weighted by atomic mass is 19.3. The molecule has 2 aliphatic rings. The van der Waals surface area contributed by atoms with Gasteiger partial charge in [-0.05, 0) is 25.8 Å². The van der Waals surface area contributed by atoms with Crippen LogP contribution in [0.2, 0.25) is 0 Å². The first-order valence-corrected chi connectivity index (χ1v) is 11.2. The maximum Gasteiger partial charge on any atom is 0.317 e. The van der Waals surface area contributed by atoms with E-state index < -0.39 is 6.43 Å². The Bertz CT molecular complexity index is 962. The quantitative estimate of drug-likeness (QED) is 0.746. The van der Waals surface area contributed by atoms with Crippen LogP contribution >= 0.6 is 0 Å². The average molecular weight is 451 g/mol. The van der Waals surface area contributed by atoms with Gasteiger partial charge in [0.1, 0.15) is 0 Å². The minimum absolute atomic E-state index is 0.0560. The number of rotatable bonds is 4. The fourth-order valence-electron chi connectivity index (χ4n) is 4.34. The molecule has 10 heteroatoms. The molecular formula is C22H32F2N6O2. The predicted octanol–water partition coefficient (Wildman–Crippen LogP) is 3.32. The fourth-order valence-corrected chi connectivity index (χ4v) is 4.34. The van der Waals surface area contributed by atoms with Crippen LogP contribution in [0.1, 0.15) is 54.9 Å². The number of alkyl halides is 2. The van der Waals surface area contributed by atoms with Crippen LogP contribution in [-0.4, -0.2) is 57.5 Å². The minimum Gasteiger partial charge on any atom is -0.394 e. The fraction of sp³-hybridized carbons (Fsp3) is 0.591. The maximum absolute atomic E-state index is 13.5. The number of urea groups is 1. The number of nitrogens with zero attached hydrogens (tertiary/aromatic N) is 5. The molecule has 32 heavy (non-hydrogen) atoms. The number of pyridine rings is 1. The molecule has 8 nitrogen and oxygen atoms in total. The summed E-state index contributed by atoms with van der Waals surface area (Å²) in [6.45, 7) is 7.46. The number of halogens is 2. The van der Waals surface area contributed by atoms with Crippen molar-refractivity contribution < 1.29 is 18.7 Å². The molecule has 0 bridgehead atoms. The molecule has 0 saturated heterocycles. The van der Waals surface area contributed by atoms with Crippen LogP contribution in [0.4, 0.5) is 25.1 Å². The lowest BCUT2D eigenvalue weighted by atomic mass is 10.0. The van der Waals surface area contributed by atoms with Gasteiger partial charge in [-0.15, -0.1) is 0 Å². The number of amides is 2. The summed E-state index contributed by atoms with van der Waals surface area (Å²) in [5, 5.41) is 16.8. The highest BCUT2D eigenvalue weighted by Crippen LogP contribution is 2.39. The summed E-state index contributed by atoms with van der Waals surface area (Å²) >= 11 is 0. The van der Waals surface area contributed by atoms with E-state index in [-0.39, 0.29) is 18.2 Å². The van der Waals surface area contributed by atoms with Crippen LogP contribution < -0.4 is 10.2 Å². The van der Waals surface area contributed by atoms with Gasteiger partial charge in [-0.3, -0.25) is 9.67 Å². The zero-order valence-electron chi connectivity index (χ0n) is 19.2. The lowest BCUT2D eigenvalue weighted by molar-refractivity contribution is 0.150. The number of aromatic nitrogens is 3. The highest BCUT2D eigenvalue weighted by Gasteiger charge is 2.32. The van der Waals surface area contributed by atoms with Crippen molar-refractivity contribution >= 4 is 17.5 Å². The summed E-state index contributed by atoms with van der Waals surface area (Å²) in [4.78, 5) is 20.3. The smallest absolute Gasteiger partial charge is 0.317 e. The number of carbonyl (C=O) groups excluding carboxylic acids is 1. The molecule has 0 saturated carbocycles. The summed E-state index contributed by atoms with van der Waals surface area (Å²) in [6, 6.07) is 1.36. The lowest BCUT2D eigenvalue weighted by Crippen LogP contribution is -2.41. The molecule has 0 spiro atoms. The highest BCUT2D eigenvalue weighted by molar-refractivity contribution is 5.75. The number of aryl methyl sites for hydroxylation is 2. The van der Waals surface area contributed by atoms with E-state index in [4.69, 9.17) is 5.10 Å². The van der Waals surface area contributed by atoms with Crippen LogP contribution in [0.25, 0.3) is 0 Å². The average Bonchev–Trinajstić information content (AvgIpc) is 3.16. The predicted molar refractivity (Wildman–Crippen MR) is 118 cm³/mol. The van der Waals surface area contributed by atoms with E-state index in [9.17, 15) is 18.7 Å². The molecule has 0 radical (unpaired) electrons. The third-order valence-electron chi connectivity index (χ3n) is 5.81. The van der Waals surface area contributed by atoms with Gasteiger partial charge in [0.15, 0.2) is 5.82 Å². The van der Waals surface area contributed by atoms with Crippen LogP contribution in [0, 0.1) is 6.92 Å². The molecule has 176 valence electrons. The largest absolute Gasteiger partial charge is 0.394 e. The molecule has 0 atom stereocenters. The van der Waals surface area contributed by atoms with Crippen molar-refractivity contribution in [2.45, 2.75) is 59.5 Å². The van der Waals surface area contributed by atoms with Gasteiger partial charge in [-0.1, -0.05) is 13.8 Å². The topological polar surface area (TPSA) is 86.5 Å². The molecule has 0 fully saturated rings.